The van der Waals surface area contributed by atoms with Gasteiger partial charge in [-0.1, -0.05) is 19.0 Å². The van der Waals surface area contributed by atoms with Crippen molar-refractivity contribution in [3.63, 3.8) is 0 Å². The predicted molar refractivity (Wildman–Crippen MR) is 125 cm³/mol. The molecule has 14 heteroatoms. The van der Waals surface area contributed by atoms with Crippen LogP contribution in [-0.4, -0.2) is 50.5 Å². The topological polar surface area (TPSA) is 179 Å². The van der Waals surface area contributed by atoms with Crippen LogP contribution in [0.5, 0.6) is 0 Å². The molecule has 0 aliphatic carbocycles. The first-order valence-corrected chi connectivity index (χ1v) is 10.5. The van der Waals surface area contributed by atoms with Gasteiger partial charge in [0.25, 0.3) is 0 Å². The van der Waals surface area contributed by atoms with Crippen molar-refractivity contribution in [1.82, 2.24) is 20.8 Å². The second-order valence-corrected chi connectivity index (χ2v) is 6.76. The lowest BCUT2D eigenvalue weighted by Crippen LogP contribution is -2.23. The van der Waals surface area contributed by atoms with Gasteiger partial charge in [0.15, 0.2) is 17.4 Å². The number of hydrogen-bond donors (Lipinski definition) is 6. The number of nitrogens with two attached hydrogens (primary N) is 1. The summed E-state index contributed by atoms with van der Waals surface area (Å²) in [6, 6.07) is 7.43. The van der Waals surface area contributed by atoms with Gasteiger partial charge in [0.2, 0.25) is 5.82 Å². The van der Waals surface area contributed by atoms with Crippen LogP contribution in [-0.2, 0) is 0 Å². The molecule has 0 unspecified atom stereocenters. The highest BCUT2D eigenvalue weighted by Crippen LogP contribution is 2.23. The molecule has 1 aromatic carbocycles. The fraction of sp³-hybridized carbons (Fsp3) is 0.211. The molecule has 0 saturated heterocycles. The van der Waals surface area contributed by atoms with Crippen LogP contribution in [0.2, 0.25) is 0 Å². The lowest BCUT2D eigenvalue weighted by molar-refractivity contribution is 0.234. The zero-order valence-electron chi connectivity index (χ0n) is 17.8. The molecular formula is C19H23BrFN9O3. The van der Waals surface area contributed by atoms with Crippen molar-refractivity contribution in [1.29, 1.82) is 0 Å². The van der Waals surface area contributed by atoms with Crippen molar-refractivity contribution in [3.8, 4) is 0 Å². The lowest BCUT2D eigenvalue weighted by Gasteiger charge is -2.08. The molecule has 12 nitrogen and oxygen atoms in total. The number of nitrogens with one attached hydrogen (secondary N) is 3. The maximum Gasteiger partial charge on any atom is 0.202 e. The van der Waals surface area contributed by atoms with Crippen LogP contribution in [0.4, 0.5) is 21.7 Å². The molecule has 0 aliphatic heterocycles. The molecule has 0 bridgehead atoms. The van der Waals surface area contributed by atoms with Crippen LogP contribution in [0.1, 0.15) is 25.1 Å². The van der Waals surface area contributed by atoms with E-state index < -0.39 is 5.82 Å². The third kappa shape index (κ3) is 7.11. The van der Waals surface area contributed by atoms with Gasteiger partial charge in [-0.3, -0.25) is 10.7 Å². The van der Waals surface area contributed by atoms with Gasteiger partial charge >= 0.3 is 0 Å². The quantitative estimate of drug-likeness (QED) is 0.0843. The summed E-state index contributed by atoms with van der Waals surface area (Å²) < 4.78 is 18.3. The van der Waals surface area contributed by atoms with E-state index >= 15 is 0 Å². The predicted octanol–water partition coefficient (Wildman–Crippen LogP) is 3.07. The molecule has 7 N–H and O–H groups in total. The maximum atomic E-state index is 13.4. The Morgan fingerprint density at radius 2 is 1.94 bits per heavy atom. The molecule has 0 radical (unpaired) electrons. The van der Waals surface area contributed by atoms with Gasteiger partial charge in [0.1, 0.15) is 11.6 Å². The Hall–Kier alpha value is -3.78. The number of aliphatic imine (C=N–C) groups is 1. The van der Waals surface area contributed by atoms with E-state index in [1.54, 1.807) is 12.1 Å². The molecule has 0 fully saturated rings. The first-order valence-electron chi connectivity index (χ1n) is 9.70. The maximum absolute atomic E-state index is 13.4. The number of amidine groups is 2. The van der Waals surface area contributed by atoms with Crippen molar-refractivity contribution in [2.75, 3.05) is 23.7 Å². The second-order valence-electron chi connectivity index (χ2n) is 5.90. The molecular weight excluding hydrogens is 501 g/mol. The Bertz CT molecular complexity index is 1090. The molecule has 2 heterocycles. The highest BCUT2D eigenvalue weighted by atomic mass is 79.9. The fourth-order valence-electron chi connectivity index (χ4n) is 2.35. The Labute approximate surface area is 196 Å². The smallest absolute Gasteiger partial charge is 0.202 e. The Balaban J connectivity index is 0.00000187. The van der Waals surface area contributed by atoms with Crippen LogP contribution < -0.4 is 21.8 Å². The molecule has 176 valence electrons. The van der Waals surface area contributed by atoms with Gasteiger partial charge in [0, 0.05) is 24.8 Å². The molecule has 2 aromatic heterocycles. The van der Waals surface area contributed by atoms with E-state index in [0.717, 1.165) is 0 Å². The zero-order valence-corrected chi connectivity index (χ0v) is 19.3. The highest BCUT2D eigenvalue weighted by Gasteiger charge is 2.16. The minimum absolute atomic E-state index is 0.0327. The van der Waals surface area contributed by atoms with Crippen LogP contribution in [0.15, 0.2) is 55.8 Å². The average Bonchev–Trinajstić information content (AvgIpc) is 3.32. The van der Waals surface area contributed by atoms with Gasteiger partial charge in [-0.2, -0.15) is 0 Å². The molecule has 3 rings (SSSR count). The Kier molecular flexibility index (Phi) is 9.98. The lowest BCUT2D eigenvalue weighted by atomic mass is 10.2. The van der Waals surface area contributed by atoms with E-state index in [-0.39, 0.29) is 27.7 Å². The summed E-state index contributed by atoms with van der Waals surface area (Å²) in [5.41, 5.74) is 8.41. The van der Waals surface area contributed by atoms with E-state index in [1.165, 1.54) is 24.4 Å². The second kappa shape index (κ2) is 12.9. The summed E-state index contributed by atoms with van der Waals surface area (Å²) in [4.78, 5) is 8.33. The average molecular weight is 524 g/mol. The van der Waals surface area contributed by atoms with Crippen LogP contribution >= 0.6 is 15.9 Å². The summed E-state index contributed by atoms with van der Waals surface area (Å²) in [5.74, 6) is 0.296. The van der Waals surface area contributed by atoms with E-state index in [9.17, 15) is 9.60 Å². The van der Waals surface area contributed by atoms with E-state index in [2.05, 4.69) is 52.0 Å². The van der Waals surface area contributed by atoms with Crippen molar-refractivity contribution < 1.29 is 19.4 Å². The molecule has 0 aliphatic rings. The minimum atomic E-state index is -0.440. The number of anilines is 2. The van der Waals surface area contributed by atoms with Gasteiger partial charge in [-0.05, 0) is 56.6 Å². The third-order valence-corrected chi connectivity index (χ3v) is 4.46. The van der Waals surface area contributed by atoms with E-state index in [1.807, 2.05) is 19.3 Å². The standard InChI is InChI=1S/C17H17BrFN9O3.C2H6/c18-11-7-10(2-3-12(11)19)24-17(26-30)14-16(28-31-27-14)22-6-5-21-13-4-1-9(8-23-13)15(20)25-29;1-2/h1-4,7-8,29-30H,5-6H2,(H2,20,25)(H,21,23)(H,22,28)(H,24,26);1-2H3. The number of pyridine rings is 1. The van der Waals surface area contributed by atoms with Crippen LogP contribution in [0.25, 0.3) is 0 Å². The number of hydrogen-bond acceptors (Lipinski definition) is 10. The van der Waals surface area contributed by atoms with Crippen LogP contribution in [0, 0.1) is 5.82 Å². The minimum Gasteiger partial charge on any atom is -0.409 e. The molecule has 0 spiro atoms. The number of nitrogens with zero attached hydrogens (tertiary/aromatic N) is 5. The monoisotopic (exact) mass is 523 g/mol. The van der Waals surface area contributed by atoms with Crippen molar-refractivity contribution in [3.05, 3.63) is 58.1 Å². The SMILES string of the molecule is CC.N/C(=N\O)c1ccc(NCCNc2nonc2C(=Nc2ccc(F)c(Br)c2)NO)nc1. The van der Waals surface area contributed by atoms with Crippen LogP contribution in [0.3, 0.4) is 0 Å². The summed E-state index contributed by atoms with van der Waals surface area (Å²) >= 11 is 3.08. The van der Waals surface area contributed by atoms with Gasteiger partial charge in [-0.15, -0.1) is 0 Å². The fourth-order valence-corrected chi connectivity index (χ4v) is 2.72. The summed E-state index contributed by atoms with van der Waals surface area (Å²) in [7, 11) is 0. The number of halogens is 2. The molecule has 3 aromatic rings. The van der Waals surface area contributed by atoms with Crippen molar-refractivity contribution in [2.24, 2.45) is 15.9 Å². The van der Waals surface area contributed by atoms with E-state index in [0.29, 0.717) is 30.2 Å². The van der Waals surface area contributed by atoms with E-state index in [4.69, 9.17) is 15.6 Å². The number of hydroxylamine groups is 1. The normalized spacial score (nSPS) is 11.4. The van der Waals surface area contributed by atoms with Gasteiger partial charge < -0.3 is 21.6 Å². The Morgan fingerprint density at radius 1 is 1.18 bits per heavy atom. The van der Waals surface area contributed by atoms with Gasteiger partial charge in [0.05, 0.1) is 10.2 Å². The first kappa shape index (κ1) is 25.5. The van der Waals surface area contributed by atoms with Crippen molar-refractivity contribution in [2.45, 2.75) is 13.8 Å². The highest BCUT2D eigenvalue weighted by molar-refractivity contribution is 9.10. The number of benzene rings is 1. The molecule has 0 atom stereocenters. The third-order valence-electron chi connectivity index (χ3n) is 3.85. The largest absolute Gasteiger partial charge is 0.409 e. The summed E-state index contributed by atoms with van der Waals surface area (Å²) in [6.45, 7) is 4.85. The number of aromatic nitrogens is 3. The van der Waals surface area contributed by atoms with Gasteiger partial charge in [-0.25, -0.2) is 19.0 Å². The molecule has 33 heavy (non-hydrogen) atoms. The molecule has 0 saturated carbocycles. The summed E-state index contributed by atoms with van der Waals surface area (Å²) in [6.07, 6.45) is 1.47. The zero-order chi connectivity index (χ0) is 24.2. The molecule has 0 amide bonds. The van der Waals surface area contributed by atoms with Crippen molar-refractivity contribution >= 4 is 44.9 Å². The first-order chi connectivity index (χ1) is 16.0. The number of oxime groups is 1. The number of rotatable bonds is 8. The summed E-state index contributed by atoms with van der Waals surface area (Å²) in [5, 5.41) is 34.6. The Morgan fingerprint density at radius 3 is 2.58 bits per heavy atom.